The lowest BCUT2D eigenvalue weighted by Crippen LogP contribution is -2.24. The van der Waals surface area contributed by atoms with Crippen LogP contribution in [0, 0.1) is 12.7 Å². The van der Waals surface area contributed by atoms with E-state index in [2.05, 4.69) is 0 Å². The number of rotatable bonds is 3. The van der Waals surface area contributed by atoms with Crippen LogP contribution in [0.2, 0.25) is 0 Å². The predicted molar refractivity (Wildman–Crippen MR) is 55.3 cm³/mol. The van der Waals surface area contributed by atoms with Gasteiger partial charge in [-0.15, -0.1) is 0 Å². The smallest absolute Gasteiger partial charge is 0.248 e. The number of aliphatic hydroxyl groups excluding tert-OH is 1. The lowest BCUT2D eigenvalue weighted by molar-refractivity contribution is -0.161. The van der Waals surface area contributed by atoms with Crippen LogP contribution < -0.4 is 0 Å². The number of aliphatic hydroxyl groups is 1. The molecule has 1 amide bonds. The van der Waals surface area contributed by atoms with Crippen LogP contribution in [-0.2, 0) is 4.79 Å². The van der Waals surface area contributed by atoms with Gasteiger partial charge in [-0.2, -0.15) is 0 Å². The third kappa shape index (κ3) is 3.01. The van der Waals surface area contributed by atoms with Gasteiger partial charge in [-0.3, -0.25) is 10.0 Å². The minimum absolute atomic E-state index is 0.282. The van der Waals surface area contributed by atoms with Crippen molar-refractivity contribution in [1.29, 1.82) is 0 Å². The molecule has 0 fully saturated rings. The predicted octanol–water partition coefficient (Wildman–Crippen LogP) is 1.41. The van der Waals surface area contributed by atoms with Crippen molar-refractivity contribution >= 4 is 5.91 Å². The van der Waals surface area contributed by atoms with Crippen LogP contribution in [-0.4, -0.2) is 28.3 Å². The Morgan fingerprint density at radius 2 is 2.19 bits per heavy atom. The van der Waals surface area contributed by atoms with Gasteiger partial charge in [0.15, 0.2) is 0 Å². The molecule has 1 aromatic carbocycles. The van der Waals surface area contributed by atoms with Gasteiger partial charge in [-0.05, 0) is 24.1 Å². The molecule has 0 saturated carbocycles. The van der Waals surface area contributed by atoms with Crippen molar-refractivity contribution < 1.29 is 19.5 Å². The first-order valence-corrected chi connectivity index (χ1v) is 4.81. The average Bonchev–Trinajstić information content (AvgIpc) is 2.21. The molecule has 0 bridgehead atoms. The molecular weight excluding hydrogens is 213 g/mol. The fourth-order valence-electron chi connectivity index (χ4n) is 1.23. The van der Waals surface area contributed by atoms with E-state index in [9.17, 15) is 14.3 Å². The summed E-state index contributed by atoms with van der Waals surface area (Å²) < 4.78 is 13.2. The first-order chi connectivity index (χ1) is 7.41. The molecule has 16 heavy (non-hydrogen) atoms. The lowest BCUT2D eigenvalue weighted by atomic mass is 10.0. The van der Waals surface area contributed by atoms with Crippen LogP contribution in [0.3, 0.4) is 0 Å². The Kier molecular flexibility index (Phi) is 3.98. The highest BCUT2D eigenvalue weighted by atomic mass is 19.1. The van der Waals surface area contributed by atoms with Crippen LogP contribution >= 0.6 is 0 Å². The van der Waals surface area contributed by atoms with E-state index in [-0.39, 0.29) is 6.42 Å². The van der Waals surface area contributed by atoms with Crippen molar-refractivity contribution in [2.24, 2.45) is 0 Å². The van der Waals surface area contributed by atoms with Crippen LogP contribution in [0.5, 0.6) is 0 Å². The molecule has 5 heteroatoms. The average molecular weight is 227 g/mol. The standard InChI is InChI=1S/C11H14FNO3/c1-7-3-4-8(5-9(7)12)10(14)6-11(15)13(2)16/h3-5,10,14,16H,6H2,1-2H3. The van der Waals surface area contributed by atoms with E-state index >= 15 is 0 Å². The fourth-order valence-corrected chi connectivity index (χ4v) is 1.23. The topological polar surface area (TPSA) is 60.8 Å². The van der Waals surface area contributed by atoms with Crippen LogP contribution in [0.15, 0.2) is 18.2 Å². The zero-order chi connectivity index (χ0) is 12.3. The molecule has 88 valence electrons. The van der Waals surface area contributed by atoms with Crippen molar-refractivity contribution in [3.05, 3.63) is 35.1 Å². The van der Waals surface area contributed by atoms with Crippen LogP contribution in [0.1, 0.15) is 23.7 Å². The van der Waals surface area contributed by atoms with Crippen molar-refractivity contribution in [3.63, 3.8) is 0 Å². The zero-order valence-electron chi connectivity index (χ0n) is 9.14. The molecule has 0 aliphatic carbocycles. The number of hydrogen-bond acceptors (Lipinski definition) is 3. The largest absolute Gasteiger partial charge is 0.388 e. The Morgan fingerprint density at radius 1 is 1.56 bits per heavy atom. The molecule has 1 unspecified atom stereocenters. The van der Waals surface area contributed by atoms with Gasteiger partial charge in [0.2, 0.25) is 5.91 Å². The summed E-state index contributed by atoms with van der Waals surface area (Å²) in [5.74, 6) is -1.06. The van der Waals surface area contributed by atoms with E-state index in [4.69, 9.17) is 5.21 Å². The van der Waals surface area contributed by atoms with Crippen molar-refractivity contribution in [3.8, 4) is 0 Å². The number of benzene rings is 1. The van der Waals surface area contributed by atoms with E-state index in [1.165, 1.54) is 19.2 Å². The third-order valence-corrected chi connectivity index (χ3v) is 2.31. The first-order valence-electron chi connectivity index (χ1n) is 4.81. The number of hydrogen-bond donors (Lipinski definition) is 2. The molecule has 0 heterocycles. The monoisotopic (exact) mass is 227 g/mol. The van der Waals surface area contributed by atoms with Gasteiger partial charge in [0.25, 0.3) is 0 Å². The van der Waals surface area contributed by atoms with E-state index in [0.29, 0.717) is 16.2 Å². The number of hydroxylamine groups is 2. The Labute approximate surface area is 92.9 Å². The minimum atomic E-state index is -1.11. The molecule has 1 aromatic rings. The maximum atomic E-state index is 13.2. The van der Waals surface area contributed by atoms with Crippen LogP contribution in [0.4, 0.5) is 4.39 Å². The summed E-state index contributed by atoms with van der Waals surface area (Å²) in [6.45, 7) is 1.61. The molecular formula is C11H14FNO3. The molecule has 1 rings (SSSR count). The summed E-state index contributed by atoms with van der Waals surface area (Å²) in [7, 11) is 1.17. The first kappa shape index (κ1) is 12.6. The maximum absolute atomic E-state index is 13.2. The third-order valence-electron chi connectivity index (χ3n) is 2.31. The highest BCUT2D eigenvalue weighted by Gasteiger charge is 2.16. The minimum Gasteiger partial charge on any atom is -0.388 e. The summed E-state index contributed by atoms with van der Waals surface area (Å²) >= 11 is 0. The Hall–Kier alpha value is -1.46. The summed E-state index contributed by atoms with van der Waals surface area (Å²) in [6.07, 6.45) is -1.40. The van der Waals surface area contributed by atoms with Gasteiger partial charge in [0, 0.05) is 7.05 Å². The van der Waals surface area contributed by atoms with E-state index in [1.807, 2.05) is 0 Å². The molecule has 1 atom stereocenters. The summed E-state index contributed by atoms with van der Waals surface area (Å²) in [4.78, 5) is 11.1. The summed E-state index contributed by atoms with van der Waals surface area (Å²) in [5.41, 5.74) is 0.792. The molecule has 0 saturated heterocycles. The zero-order valence-corrected chi connectivity index (χ0v) is 9.14. The molecule has 0 aliphatic rings. The van der Waals surface area contributed by atoms with Gasteiger partial charge in [0.1, 0.15) is 5.82 Å². The quantitative estimate of drug-likeness (QED) is 0.606. The number of nitrogens with zero attached hydrogens (tertiary/aromatic N) is 1. The van der Waals surface area contributed by atoms with Gasteiger partial charge >= 0.3 is 0 Å². The van der Waals surface area contributed by atoms with Crippen molar-refractivity contribution in [2.75, 3.05) is 7.05 Å². The van der Waals surface area contributed by atoms with E-state index < -0.39 is 17.8 Å². The Balaban J connectivity index is 2.77. The van der Waals surface area contributed by atoms with Crippen molar-refractivity contribution in [2.45, 2.75) is 19.4 Å². The second-order valence-electron chi connectivity index (χ2n) is 3.65. The Morgan fingerprint density at radius 3 is 2.69 bits per heavy atom. The Bertz CT molecular complexity index is 393. The van der Waals surface area contributed by atoms with E-state index in [0.717, 1.165) is 0 Å². The second-order valence-corrected chi connectivity index (χ2v) is 3.65. The summed E-state index contributed by atoms with van der Waals surface area (Å²) in [6, 6.07) is 4.26. The summed E-state index contributed by atoms with van der Waals surface area (Å²) in [5, 5.41) is 18.8. The molecule has 0 radical (unpaired) electrons. The number of carbonyl (C=O) groups is 1. The van der Waals surface area contributed by atoms with Gasteiger partial charge in [-0.25, -0.2) is 9.45 Å². The normalized spacial score (nSPS) is 12.3. The molecule has 4 nitrogen and oxygen atoms in total. The number of aryl methyl sites for hydroxylation is 1. The van der Waals surface area contributed by atoms with E-state index in [1.54, 1.807) is 13.0 Å². The lowest BCUT2D eigenvalue weighted by Gasteiger charge is -2.13. The number of amides is 1. The molecule has 2 N–H and O–H groups in total. The highest BCUT2D eigenvalue weighted by Crippen LogP contribution is 2.19. The van der Waals surface area contributed by atoms with Crippen LogP contribution in [0.25, 0.3) is 0 Å². The van der Waals surface area contributed by atoms with Gasteiger partial charge in [0.05, 0.1) is 12.5 Å². The number of carbonyl (C=O) groups excluding carboxylic acids is 1. The fraction of sp³-hybridized carbons (Fsp3) is 0.364. The molecule has 0 aliphatic heterocycles. The maximum Gasteiger partial charge on any atom is 0.248 e. The SMILES string of the molecule is Cc1ccc(C(O)CC(=O)N(C)O)cc1F. The molecule has 0 aromatic heterocycles. The molecule has 0 spiro atoms. The second kappa shape index (κ2) is 5.05. The van der Waals surface area contributed by atoms with Gasteiger partial charge in [-0.1, -0.05) is 12.1 Å². The number of halogens is 1. The highest BCUT2D eigenvalue weighted by molar-refractivity contribution is 5.75. The van der Waals surface area contributed by atoms with Gasteiger partial charge < -0.3 is 5.11 Å². The van der Waals surface area contributed by atoms with Crippen molar-refractivity contribution in [1.82, 2.24) is 5.06 Å².